The molecule has 0 atom stereocenters. The van der Waals surface area contributed by atoms with Crippen molar-refractivity contribution >= 4 is 0 Å². The van der Waals surface area contributed by atoms with Crippen LogP contribution >= 0.6 is 0 Å². The molecule has 3 nitrogen and oxygen atoms in total. The zero-order valence-electron chi connectivity index (χ0n) is 9.42. The summed E-state index contributed by atoms with van der Waals surface area (Å²) in [5.74, 6) is 0.493. The molecule has 0 radical (unpaired) electrons. The Bertz CT molecular complexity index is 399. The lowest BCUT2D eigenvalue weighted by Crippen LogP contribution is -2.12. The average molecular weight is 226 g/mol. The van der Waals surface area contributed by atoms with E-state index in [0.717, 1.165) is 12.8 Å². The zero-order chi connectivity index (χ0) is 11.8. The number of methoxy groups -OCH3 is 2. The molecule has 0 aliphatic heterocycles. The van der Waals surface area contributed by atoms with Gasteiger partial charge in [-0.1, -0.05) is 0 Å². The van der Waals surface area contributed by atoms with Gasteiger partial charge in [0.25, 0.3) is 0 Å². The minimum Gasteiger partial charge on any atom is -0.493 e. The normalized spacial score (nSPS) is 17.0. The van der Waals surface area contributed by atoms with E-state index in [4.69, 9.17) is 9.47 Å². The van der Waals surface area contributed by atoms with E-state index in [0.29, 0.717) is 23.5 Å². The maximum absolute atomic E-state index is 13.7. The molecule has 0 saturated heterocycles. The summed E-state index contributed by atoms with van der Waals surface area (Å²) in [5, 5.41) is 9.76. The minimum absolute atomic E-state index is 0.333. The molecule has 0 aromatic heterocycles. The fourth-order valence-electron chi connectivity index (χ4n) is 1.71. The van der Waals surface area contributed by atoms with Crippen molar-refractivity contribution in [2.45, 2.75) is 24.9 Å². The molecule has 0 amide bonds. The smallest absolute Gasteiger partial charge is 0.163 e. The number of halogens is 1. The van der Waals surface area contributed by atoms with Crippen LogP contribution in [0.5, 0.6) is 11.5 Å². The molecule has 0 bridgehead atoms. The Balaban J connectivity index is 2.30. The molecule has 1 fully saturated rings. The molecule has 0 heterocycles. The van der Waals surface area contributed by atoms with Gasteiger partial charge in [-0.3, -0.25) is 0 Å². The third-order valence-corrected chi connectivity index (χ3v) is 2.90. The van der Waals surface area contributed by atoms with Crippen LogP contribution in [0, 0.1) is 5.82 Å². The van der Waals surface area contributed by atoms with Gasteiger partial charge in [0.1, 0.15) is 5.82 Å². The van der Waals surface area contributed by atoms with Crippen LogP contribution < -0.4 is 9.47 Å². The SMILES string of the molecule is COc1cc(F)c(CC2(O)CC2)cc1OC. The van der Waals surface area contributed by atoms with Crippen molar-refractivity contribution in [2.75, 3.05) is 14.2 Å². The van der Waals surface area contributed by atoms with Crippen molar-refractivity contribution in [2.24, 2.45) is 0 Å². The fourth-order valence-corrected chi connectivity index (χ4v) is 1.71. The van der Waals surface area contributed by atoms with E-state index in [9.17, 15) is 9.50 Å². The predicted octanol–water partition coefficient (Wildman–Crippen LogP) is 1.91. The Kier molecular flexibility index (Phi) is 2.76. The lowest BCUT2D eigenvalue weighted by Gasteiger charge is -2.13. The van der Waals surface area contributed by atoms with Gasteiger partial charge < -0.3 is 14.6 Å². The van der Waals surface area contributed by atoms with Gasteiger partial charge in [0.05, 0.1) is 19.8 Å². The summed E-state index contributed by atoms with van der Waals surface area (Å²) in [7, 11) is 2.97. The van der Waals surface area contributed by atoms with E-state index < -0.39 is 5.60 Å². The second-order valence-electron chi connectivity index (χ2n) is 4.20. The van der Waals surface area contributed by atoms with Gasteiger partial charge in [-0.15, -0.1) is 0 Å². The molecule has 1 saturated carbocycles. The second-order valence-corrected chi connectivity index (χ2v) is 4.20. The molecule has 0 unspecified atom stereocenters. The van der Waals surface area contributed by atoms with Crippen molar-refractivity contribution < 1.29 is 19.0 Å². The van der Waals surface area contributed by atoms with Gasteiger partial charge >= 0.3 is 0 Å². The highest BCUT2D eigenvalue weighted by Gasteiger charge is 2.40. The van der Waals surface area contributed by atoms with Crippen molar-refractivity contribution in [3.05, 3.63) is 23.5 Å². The highest BCUT2D eigenvalue weighted by molar-refractivity contribution is 5.44. The number of rotatable bonds is 4. The molecule has 1 aromatic carbocycles. The number of aliphatic hydroxyl groups is 1. The van der Waals surface area contributed by atoms with Gasteiger partial charge in [-0.25, -0.2) is 4.39 Å². The number of benzene rings is 1. The van der Waals surface area contributed by atoms with Crippen LogP contribution in [0.2, 0.25) is 0 Å². The lowest BCUT2D eigenvalue weighted by atomic mass is 10.1. The average Bonchev–Trinajstić information content (AvgIpc) is 2.99. The Labute approximate surface area is 93.8 Å². The first-order chi connectivity index (χ1) is 7.58. The summed E-state index contributed by atoms with van der Waals surface area (Å²) in [6.45, 7) is 0. The summed E-state index contributed by atoms with van der Waals surface area (Å²) in [5.41, 5.74) is -0.238. The van der Waals surface area contributed by atoms with Crippen LogP contribution in [0.25, 0.3) is 0 Å². The summed E-state index contributed by atoms with van der Waals surface area (Å²) in [6, 6.07) is 2.88. The van der Waals surface area contributed by atoms with Crippen LogP contribution in [-0.4, -0.2) is 24.9 Å². The quantitative estimate of drug-likeness (QED) is 0.852. The molecule has 1 aliphatic rings. The van der Waals surface area contributed by atoms with Gasteiger partial charge in [-0.2, -0.15) is 0 Å². The Morgan fingerprint density at radius 3 is 2.31 bits per heavy atom. The van der Waals surface area contributed by atoms with E-state index in [-0.39, 0.29) is 5.82 Å². The first-order valence-electron chi connectivity index (χ1n) is 5.21. The second kappa shape index (κ2) is 3.94. The number of ether oxygens (including phenoxy) is 2. The molecule has 1 aliphatic carbocycles. The first kappa shape index (κ1) is 11.2. The minimum atomic E-state index is -0.708. The molecular weight excluding hydrogens is 211 g/mol. The van der Waals surface area contributed by atoms with E-state index in [1.54, 1.807) is 6.07 Å². The Hall–Kier alpha value is -1.29. The Morgan fingerprint density at radius 2 is 1.81 bits per heavy atom. The summed E-state index contributed by atoms with van der Waals surface area (Å²) >= 11 is 0. The number of hydrogen-bond donors (Lipinski definition) is 1. The highest BCUT2D eigenvalue weighted by atomic mass is 19.1. The van der Waals surface area contributed by atoms with Gasteiger partial charge in [0.2, 0.25) is 0 Å². The van der Waals surface area contributed by atoms with Crippen LogP contribution in [0.3, 0.4) is 0 Å². The molecule has 88 valence electrons. The van der Waals surface area contributed by atoms with Crippen LogP contribution in [0.4, 0.5) is 4.39 Å². The molecule has 0 spiro atoms. The van der Waals surface area contributed by atoms with E-state index in [1.165, 1.54) is 20.3 Å². The fraction of sp³-hybridized carbons (Fsp3) is 0.500. The van der Waals surface area contributed by atoms with Crippen molar-refractivity contribution in [1.29, 1.82) is 0 Å². The van der Waals surface area contributed by atoms with Crippen molar-refractivity contribution in [3.63, 3.8) is 0 Å². The standard InChI is InChI=1S/C12H15FO3/c1-15-10-5-8(7-12(14)3-4-12)9(13)6-11(10)16-2/h5-6,14H,3-4,7H2,1-2H3. The maximum atomic E-state index is 13.7. The van der Waals surface area contributed by atoms with Gasteiger partial charge in [0, 0.05) is 12.5 Å². The summed E-state index contributed by atoms with van der Waals surface area (Å²) < 4.78 is 23.7. The van der Waals surface area contributed by atoms with E-state index in [2.05, 4.69) is 0 Å². The van der Waals surface area contributed by atoms with E-state index >= 15 is 0 Å². The van der Waals surface area contributed by atoms with Crippen molar-refractivity contribution in [1.82, 2.24) is 0 Å². The third kappa shape index (κ3) is 2.11. The topological polar surface area (TPSA) is 38.7 Å². The highest BCUT2D eigenvalue weighted by Crippen LogP contribution is 2.40. The monoisotopic (exact) mass is 226 g/mol. The number of hydrogen-bond acceptors (Lipinski definition) is 3. The molecule has 1 aromatic rings. The van der Waals surface area contributed by atoms with Gasteiger partial charge in [0.15, 0.2) is 11.5 Å². The predicted molar refractivity (Wildman–Crippen MR) is 57.4 cm³/mol. The van der Waals surface area contributed by atoms with Crippen LogP contribution in [0.1, 0.15) is 18.4 Å². The van der Waals surface area contributed by atoms with E-state index in [1.807, 2.05) is 0 Å². The third-order valence-electron chi connectivity index (χ3n) is 2.90. The molecule has 2 rings (SSSR count). The lowest BCUT2D eigenvalue weighted by molar-refractivity contribution is 0.149. The van der Waals surface area contributed by atoms with Crippen LogP contribution in [-0.2, 0) is 6.42 Å². The van der Waals surface area contributed by atoms with Crippen molar-refractivity contribution in [3.8, 4) is 11.5 Å². The summed E-state index contributed by atoms with van der Waals surface area (Å²) in [4.78, 5) is 0. The maximum Gasteiger partial charge on any atom is 0.163 e. The zero-order valence-corrected chi connectivity index (χ0v) is 9.42. The van der Waals surface area contributed by atoms with Gasteiger partial charge in [-0.05, 0) is 24.5 Å². The Morgan fingerprint density at radius 1 is 1.25 bits per heavy atom. The summed E-state index contributed by atoms with van der Waals surface area (Å²) in [6.07, 6.45) is 1.81. The molecule has 1 N–H and O–H groups in total. The first-order valence-corrected chi connectivity index (χ1v) is 5.21. The molecule has 4 heteroatoms. The largest absolute Gasteiger partial charge is 0.493 e. The molecular formula is C12H15FO3. The molecule has 16 heavy (non-hydrogen) atoms. The van der Waals surface area contributed by atoms with Crippen LogP contribution in [0.15, 0.2) is 12.1 Å².